The Morgan fingerprint density at radius 3 is 2.12 bits per heavy atom. The van der Waals surface area contributed by atoms with Gasteiger partial charge in [-0.25, -0.2) is 9.59 Å². The first kappa shape index (κ1) is 12.8. The first-order chi connectivity index (χ1) is 7.99. The van der Waals surface area contributed by atoms with Gasteiger partial charge in [-0.05, 0) is 13.0 Å². The second kappa shape index (κ2) is 5.75. The molecular weight excluding hydrogens is 244 g/mol. The van der Waals surface area contributed by atoms with Crippen LogP contribution in [0.25, 0.3) is 0 Å². The maximum atomic E-state index is 10.6. The SMILES string of the molecule is Cc1c[nH]c(=O)[nH]c1=O.O=c1[nH]ccc(=S)[nH]1. The molecule has 90 valence electrons. The highest BCUT2D eigenvalue weighted by atomic mass is 32.1. The Kier molecular flexibility index (Phi) is 4.35. The molecule has 0 fully saturated rings. The molecule has 8 heteroatoms. The summed E-state index contributed by atoms with van der Waals surface area (Å²) in [4.78, 5) is 40.4. The molecule has 7 nitrogen and oxygen atoms in total. The highest BCUT2D eigenvalue weighted by molar-refractivity contribution is 7.71. The van der Waals surface area contributed by atoms with Crippen LogP contribution < -0.4 is 16.9 Å². The Labute approximate surface area is 99.6 Å². The summed E-state index contributed by atoms with van der Waals surface area (Å²) in [5, 5.41) is 0. The molecule has 0 aliphatic carbocycles. The minimum atomic E-state index is -0.467. The average Bonchev–Trinajstić information content (AvgIpc) is 2.24. The molecule has 0 atom stereocenters. The van der Waals surface area contributed by atoms with Crippen molar-refractivity contribution >= 4 is 12.2 Å². The number of H-pyrrole nitrogens is 4. The van der Waals surface area contributed by atoms with E-state index in [1.165, 1.54) is 12.4 Å². The van der Waals surface area contributed by atoms with Crippen molar-refractivity contribution in [2.24, 2.45) is 0 Å². The zero-order valence-electron chi connectivity index (χ0n) is 8.87. The molecule has 0 bridgehead atoms. The average molecular weight is 254 g/mol. The minimum Gasteiger partial charge on any atom is -0.314 e. The fraction of sp³-hybridized carbons (Fsp3) is 0.111. The van der Waals surface area contributed by atoms with Gasteiger partial charge in [0.2, 0.25) is 0 Å². The van der Waals surface area contributed by atoms with Gasteiger partial charge >= 0.3 is 11.4 Å². The van der Waals surface area contributed by atoms with Crippen LogP contribution in [0.4, 0.5) is 0 Å². The molecule has 0 aliphatic rings. The van der Waals surface area contributed by atoms with Gasteiger partial charge in [-0.1, -0.05) is 12.2 Å². The van der Waals surface area contributed by atoms with Gasteiger partial charge in [-0.2, -0.15) is 0 Å². The van der Waals surface area contributed by atoms with Gasteiger partial charge in [0.05, 0.1) is 0 Å². The second-order valence-corrected chi connectivity index (χ2v) is 3.49. The first-order valence-electron chi connectivity index (χ1n) is 4.55. The van der Waals surface area contributed by atoms with Gasteiger partial charge in [0, 0.05) is 18.0 Å². The van der Waals surface area contributed by atoms with Crippen LogP contribution in [-0.4, -0.2) is 19.9 Å². The molecular formula is C9H10N4O3S. The third-order valence-electron chi connectivity index (χ3n) is 1.69. The lowest BCUT2D eigenvalue weighted by Crippen LogP contribution is -2.22. The van der Waals surface area contributed by atoms with E-state index in [1.54, 1.807) is 13.0 Å². The van der Waals surface area contributed by atoms with E-state index in [0.29, 0.717) is 10.2 Å². The Morgan fingerprint density at radius 1 is 1.06 bits per heavy atom. The summed E-state index contributed by atoms with van der Waals surface area (Å²) < 4.78 is 0.453. The van der Waals surface area contributed by atoms with Crippen molar-refractivity contribution in [2.75, 3.05) is 0 Å². The summed E-state index contributed by atoms with van der Waals surface area (Å²) in [6, 6.07) is 1.61. The fourth-order valence-corrected chi connectivity index (χ4v) is 1.02. The molecule has 0 radical (unpaired) electrons. The number of nitrogens with one attached hydrogen (secondary N) is 4. The molecule has 2 aromatic heterocycles. The van der Waals surface area contributed by atoms with Crippen LogP contribution in [-0.2, 0) is 0 Å². The molecule has 2 aromatic rings. The lowest BCUT2D eigenvalue weighted by molar-refractivity contribution is 1.01. The van der Waals surface area contributed by atoms with Gasteiger partial charge < -0.3 is 9.97 Å². The van der Waals surface area contributed by atoms with Crippen LogP contribution >= 0.6 is 12.2 Å². The predicted molar refractivity (Wildman–Crippen MR) is 64.7 cm³/mol. The van der Waals surface area contributed by atoms with Crippen LogP contribution in [0, 0.1) is 11.6 Å². The summed E-state index contributed by atoms with van der Waals surface area (Å²) in [6.07, 6.45) is 2.88. The third kappa shape index (κ3) is 4.43. The maximum absolute atomic E-state index is 10.6. The predicted octanol–water partition coefficient (Wildman–Crippen LogP) is -0.196. The number of rotatable bonds is 0. The summed E-state index contributed by atoms with van der Waals surface area (Å²) in [6.45, 7) is 1.62. The van der Waals surface area contributed by atoms with E-state index in [1.807, 2.05) is 0 Å². The zero-order chi connectivity index (χ0) is 12.8. The molecule has 2 heterocycles. The molecule has 0 unspecified atom stereocenters. The monoisotopic (exact) mass is 254 g/mol. The maximum Gasteiger partial charge on any atom is 0.325 e. The van der Waals surface area contributed by atoms with Gasteiger partial charge in [-0.15, -0.1) is 0 Å². The van der Waals surface area contributed by atoms with Crippen molar-refractivity contribution in [3.05, 3.63) is 60.0 Å². The van der Waals surface area contributed by atoms with Crippen LogP contribution in [0.5, 0.6) is 0 Å². The normalized spacial score (nSPS) is 9.24. The van der Waals surface area contributed by atoms with Crippen molar-refractivity contribution < 1.29 is 0 Å². The lowest BCUT2D eigenvalue weighted by Gasteiger charge is -1.84. The summed E-state index contributed by atoms with van der Waals surface area (Å²) in [5.74, 6) is 0. The second-order valence-electron chi connectivity index (χ2n) is 3.05. The van der Waals surface area contributed by atoms with E-state index in [4.69, 9.17) is 0 Å². The Morgan fingerprint density at radius 2 is 1.71 bits per heavy atom. The number of hydrogen-bond donors (Lipinski definition) is 4. The molecule has 0 amide bonds. The molecule has 17 heavy (non-hydrogen) atoms. The lowest BCUT2D eigenvalue weighted by atomic mass is 10.4. The summed E-state index contributed by atoms with van der Waals surface area (Å²) in [7, 11) is 0. The fourth-order valence-electron chi connectivity index (χ4n) is 0.860. The number of aryl methyl sites for hydroxylation is 1. The van der Waals surface area contributed by atoms with Crippen LogP contribution in [0.1, 0.15) is 5.56 Å². The molecule has 0 spiro atoms. The number of hydrogen-bond acceptors (Lipinski definition) is 4. The van der Waals surface area contributed by atoms with Crippen LogP contribution in [0.2, 0.25) is 0 Å². The van der Waals surface area contributed by atoms with Crippen molar-refractivity contribution in [2.45, 2.75) is 6.92 Å². The standard InChI is InChI=1S/C5H6N2O2.C4H4N2OS/c1-3-2-6-5(9)7-4(3)8;7-4-5-2-1-3(8)6-4/h2H,1H3,(H2,6,7,8,9);1-2H,(H2,5,6,7,8). The highest BCUT2D eigenvalue weighted by Gasteiger charge is 1.88. The third-order valence-corrected chi connectivity index (χ3v) is 1.93. The largest absolute Gasteiger partial charge is 0.325 e. The molecule has 2 rings (SSSR count). The molecule has 0 saturated heterocycles. The highest BCUT2D eigenvalue weighted by Crippen LogP contribution is 1.73. The molecule has 0 aromatic carbocycles. The first-order valence-corrected chi connectivity index (χ1v) is 4.96. The minimum absolute atomic E-state index is 0.266. The van der Waals surface area contributed by atoms with Crippen molar-refractivity contribution in [1.82, 2.24) is 19.9 Å². The molecule has 0 aliphatic heterocycles. The number of aromatic amines is 4. The van der Waals surface area contributed by atoms with Crippen LogP contribution in [0.3, 0.4) is 0 Å². The van der Waals surface area contributed by atoms with Crippen molar-refractivity contribution in [3.8, 4) is 0 Å². The van der Waals surface area contributed by atoms with Gasteiger partial charge in [0.15, 0.2) is 0 Å². The Bertz CT molecular complexity index is 684. The zero-order valence-corrected chi connectivity index (χ0v) is 9.68. The van der Waals surface area contributed by atoms with E-state index in [9.17, 15) is 14.4 Å². The molecule has 4 N–H and O–H groups in total. The molecule has 0 saturated carbocycles. The van der Waals surface area contributed by atoms with Gasteiger partial charge in [0.25, 0.3) is 5.56 Å². The van der Waals surface area contributed by atoms with Crippen LogP contribution in [0.15, 0.2) is 32.8 Å². The van der Waals surface area contributed by atoms with Gasteiger partial charge in [-0.3, -0.25) is 14.8 Å². The van der Waals surface area contributed by atoms with Crippen molar-refractivity contribution in [3.63, 3.8) is 0 Å². The Balaban J connectivity index is 0.000000171. The van der Waals surface area contributed by atoms with Crippen molar-refractivity contribution in [1.29, 1.82) is 0 Å². The summed E-state index contributed by atoms with van der Waals surface area (Å²) in [5.41, 5.74) is -0.559. The van der Waals surface area contributed by atoms with E-state index < -0.39 is 5.69 Å². The van der Waals surface area contributed by atoms with E-state index in [0.717, 1.165) is 0 Å². The van der Waals surface area contributed by atoms with E-state index in [-0.39, 0.29) is 11.2 Å². The Hall–Kier alpha value is -2.22. The van der Waals surface area contributed by atoms with E-state index in [2.05, 4.69) is 32.2 Å². The topological polar surface area (TPSA) is 114 Å². The van der Waals surface area contributed by atoms with E-state index >= 15 is 0 Å². The summed E-state index contributed by atoms with van der Waals surface area (Å²) >= 11 is 4.62. The van der Waals surface area contributed by atoms with Gasteiger partial charge in [0.1, 0.15) is 4.64 Å². The number of aromatic nitrogens is 4. The smallest absolute Gasteiger partial charge is 0.314 e. The quantitative estimate of drug-likeness (QED) is 0.487.